The number of aliphatic imine (C=N–C) groups is 1. The Hall–Kier alpha value is -3.88. The van der Waals surface area contributed by atoms with Gasteiger partial charge in [0.05, 0.1) is 52.4 Å². The van der Waals surface area contributed by atoms with E-state index >= 15 is 0 Å². The Balaban J connectivity index is 0.000000365. The largest absolute Gasteiger partial charge is 0.493 e. The molecule has 9 heteroatoms. The second kappa shape index (κ2) is 17.5. The van der Waals surface area contributed by atoms with Gasteiger partial charge in [-0.05, 0) is 85.2 Å². The molecule has 0 N–H and O–H groups in total. The van der Waals surface area contributed by atoms with Crippen molar-refractivity contribution in [3.63, 3.8) is 0 Å². The van der Waals surface area contributed by atoms with E-state index in [2.05, 4.69) is 73.8 Å². The Labute approximate surface area is 291 Å². The Morgan fingerprint density at radius 2 is 1.48 bits per heavy atom. The fraction of sp³-hybridized carbons (Fsp3) is 0.462. The lowest BCUT2D eigenvalue weighted by atomic mass is 9.92. The van der Waals surface area contributed by atoms with Crippen LogP contribution in [0.15, 0.2) is 59.6 Å². The Morgan fingerprint density at radius 1 is 0.854 bits per heavy atom. The summed E-state index contributed by atoms with van der Waals surface area (Å²) in [6.45, 7) is 10.3. The molecule has 2 unspecified atom stereocenters. The van der Waals surface area contributed by atoms with Crippen molar-refractivity contribution in [3.8, 4) is 23.0 Å². The number of halogens is 1. The van der Waals surface area contributed by atoms with Gasteiger partial charge in [0.1, 0.15) is 6.73 Å². The highest BCUT2D eigenvalue weighted by molar-refractivity contribution is 6.17. The predicted molar refractivity (Wildman–Crippen MR) is 197 cm³/mol. The summed E-state index contributed by atoms with van der Waals surface area (Å²) < 4.78 is 29.3. The zero-order valence-electron chi connectivity index (χ0n) is 30.0. The average molecular weight is 678 g/mol. The van der Waals surface area contributed by atoms with Gasteiger partial charge in [-0.25, -0.2) is 0 Å². The first-order chi connectivity index (χ1) is 23.2. The van der Waals surface area contributed by atoms with Crippen LogP contribution in [0.2, 0.25) is 0 Å². The molecule has 1 aliphatic rings. The van der Waals surface area contributed by atoms with E-state index in [-0.39, 0.29) is 6.04 Å². The standard InChI is InChI=1S/C30H41N3O3.C9H11ClO2/c1-8-25(20(2)3)31-18-32-14-13-23-24-15-21(4)9-11-26(24)33(19-34-5)30(23)27(32)16-22-10-12-28(35-6)29(17-22)36-7;1-11-8-4-3-7(6-10)5-9(8)12-2/h9-12,15,17-18,20,25,27H,8,13-14,16,19H2,1-7H3;3-5H,6H2,1-2H3. The molecule has 1 aromatic heterocycles. The van der Waals surface area contributed by atoms with Crippen LogP contribution in [0.3, 0.4) is 0 Å². The molecule has 0 radical (unpaired) electrons. The van der Waals surface area contributed by atoms with Crippen LogP contribution in [0, 0.1) is 12.8 Å². The van der Waals surface area contributed by atoms with Crippen molar-refractivity contribution in [2.75, 3.05) is 42.1 Å². The van der Waals surface area contributed by atoms with Crippen molar-refractivity contribution in [1.29, 1.82) is 0 Å². The Bertz CT molecular complexity index is 1670. The molecule has 0 amide bonds. The first-order valence-corrected chi connectivity index (χ1v) is 17.1. The molecular formula is C39H52ClN3O5. The highest BCUT2D eigenvalue weighted by Crippen LogP contribution is 2.40. The highest BCUT2D eigenvalue weighted by Gasteiger charge is 2.32. The van der Waals surface area contributed by atoms with Gasteiger partial charge in [-0.15, -0.1) is 11.6 Å². The van der Waals surface area contributed by atoms with Gasteiger partial charge in [0.25, 0.3) is 0 Å². The summed E-state index contributed by atoms with van der Waals surface area (Å²) in [5, 5.41) is 1.34. The van der Waals surface area contributed by atoms with Gasteiger partial charge in [0, 0.05) is 30.6 Å². The normalized spacial score (nSPS) is 14.9. The quantitative estimate of drug-likeness (QED) is 0.0802. The molecule has 0 bridgehead atoms. The van der Waals surface area contributed by atoms with E-state index in [4.69, 9.17) is 40.3 Å². The van der Waals surface area contributed by atoms with Gasteiger partial charge < -0.3 is 33.2 Å². The molecule has 2 atom stereocenters. The smallest absolute Gasteiger partial charge is 0.161 e. The lowest BCUT2D eigenvalue weighted by molar-refractivity contribution is 0.127. The number of fused-ring (bicyclic) bond motifs is 3. The fourth-order valence-electron chi connectivity index (χ4n) is 6.49. The van der Waals surface area contributed by atoms with Gasteiger partial charge in [0.2, 0.25) is 0 Å². The van der Waals surface area contributed by atoms with E-state index in [1.165, 1.54) is 33.3 Å². The van der Waals surface area contributed by atoms with Crippen molar-refractivity contribution in [2.45, 2.75) is 71.7 Å². The molecule has 48 heavy (non-hydrogen) atoms. The summed E-state index contributed by atoms with van der Waals surface area (Å²) in [4.78, 5) is 7.48. The molecule has 0 fully saturated rings. The van der Waals surface area contributed by atoms with Crippen LogP contribution >= 0.6 is 11.6 Å². The van der Waals surface area contributed by atoms with Crippen molar-refractivity contribution in [1.82, 2.24) is 9.47 Å². The van der Waals surface area contributed by atoms with E-state index in [0.717, 1.165) is 54.4 Å². The van der Waals surface area contributed by atoms with E-state index in [1.807, 2.05) is 24.3 Å². The molecule has 260 valence electrons. The van der Waals surface area contributed by atoms with Crippen LogP contribution in [-0.4, -0.2) is 63.9 Å². The monoisotopic (exact) mass is 677 g/mol. The van der Waals surface area contributed by atoms with Gasteiger partial charge in [-0.3, -0.25) is 4.99 Å². The SMILES string of the molecule is CCC(N=CN1CCc2c(n(COC)c3ccc(C)cc23)C1Cc1ccc(OC)c(OC)c1)C(C)C.COc1ccc(CCl)cc1OC. The third kappa shape index (κ3) is 8.39. The van der Waals surface area contributed by atoms with Crippen molar-refractivity contribution < 1.29 is 23.7 Å². The molecule has 2 heterocycles. The van der Waals surface area contributed by atoms with Crippen LogP contribution in [0.5, 0.6) is 23.0 Å². The predicted octanol–water partition coefficient (Wildman–Crippen LogP) is 8.62. The molecule has 0 aliphatic carbocycles. The Kier molecular flexibility index (Phi) is 13.5. The summed E-state index contributed by atoms with van der Waals surface area (Å²) >= 11 is 5.66. The van der Waals surface area contributed by atoms with Gasteiger partial charge >= 0.3 is 0 Å². The van der Waals surface area contributed by atoms with Crippen molar-refractivity contribution >= 4 is 28.8 Å². The third-order valence-corrected chi connectivity index (χ3v) is 9.34. The van der Waals surface area contributed by atoms with Crippen LogP contribution in [0.1, 0.15) is 61.2 Å². The van der Waals surface area contributed by atoms with Crippen molar-refractivity contribution in [3.05, 3.63) is 82.5 Å². The van der Waals surface area contributed by atoms with Crippen molar-refractivity contribution in [2.24, 2.45) is 10.9 Å². The second-order valence-electron chi connectivity index (χ2n) is 12.4. The number of aryl methyl sites for hydroxylation is 1. The fourth-order valence-corrected chi connectivity index (χ4v) is 6.66. The number of hydrogen-bond acceptors (Lipinski definition) is 6. The molecule has 5 rings (SSSR count). The summed E-state index contributed by atoms with van der Waals surface area (Å²) in [5.41, 5.74) is 7.49. The van der Waals surface area contributed by atoms with Crippen LogP contribution in [0.4, 0.5) is 0 Å². The second-order valence-corrected chi connectivity index (χ2v) is 12.7. The van der Waals surface area contributed by atoms with Crippen LogP contribution in [-0.2, 0) is 30.2 Å². The minimum Gasteiger partial charge on any atom is -0.493 e. The third-order valence-electron chi connectivity index (χ3n) is 9.04. The average Bonchev–Trinajstić information content (AvgIpc) is 3.41. The van der Waals surface area contributed by atoms with Gasteiger partial charge in [-0.1, -0.05) is 44.5 Å². The number of alkyl halides is 1. The summed E-state index contributed by atoms with van der Waals surface area (Å²) in [6, 6.07) is 19.1. The first-order valence-electron chi connectivity index (χ1n) is 16.6. The molecule has 0 spiro atoms. The van der Waals surface area contributed by atoms with Gasteiger partial charge in [-0.2, -0.15) is 0 Å². The molecule has 0 saturated heterocycles. The maximum atomic E-state index is 5.71. The molecule has 4 aromatic rings. The van der Waals surface area contributed by atoms with Crippen LogP contribution in [0.25, 0.3) is 10.9 Å². The number of ether oxygens (including phenoxy) is 5. The number of nitrogens with zero attached hydrogens (tertiary/aromatic N) is 3. The van der Waals surface area contributed by atoms with E-state index in [0.29, 0.717) is 24.6 Å². The maximum absolute atomic E-state index is 5.71. The van der Waals surface area contributed by atoms with Gasteiger partial charge in [0.15, 0.2) is 23.0 Å². The lowest BCUT2D eigenvalue weighted by Crippen LogP contribution is -2.37. The maximum Gasteiger partial charge on any atom is 0.161 e. The number of rotatable bonds is 13. The summed E-state index contributed by atoms with van der Waals surface area (Å²) in [7, 11) is 8.35. The minimum absolute atomic E-state index is 0.128. The number of methoxy groups -OCH3 is 5. The molecular weight excluding hydrogens is 626 g/mol. The number of aromatic nitrogens is 1. The van der Waals surface area contributed by atoms with E-state index in [1.54, 1.807) is 35.5 Å². The summed E-state index contributed by atoms with van der Waals surface area (Å²) in [6.07, 6.45) is 4.97. The van der Waals surface area contributed by atoms with E-state index < -0.39 is 0 Å². The number of benzene rings is 3. The highest BCUT2D eigenvalue weighted by atomic mass is 35.5. The topological polar surface area (TPSA) is 66.7 Å². The minimum atomic E-state index is 0.128. The van der Waals surface area contributed by atoms with E-state index in [9.17, 15) is 0 Å². The summed E-state index contributed by atoms with van der Waals surface area (Å²) in [5.74, 6) is 3.95. The molecule has 3 aromatic carbocycles. The lowest BCUT2D eigenvalue weighted by Gasteiger charge is -2.36. The van der Waals surface area contributed by atoms with Crippen LogP contribution < -0.4 is 18.9 Å². The zero-order chi connectivity index (χ0) is 34.8. The zero-order valence-corrected chi connectivity index (χ0v) is 30.8. The molecule has 8 nitrogen and oxygen atoms in total. The molecule has 0 saturated carbocycles. The molecule has 1 aliphatic heterocycles. The number of hydrogen-bond donors (Lipinski definition) is 0. The Morgan fingerprint density at radius 3 is 2.04 bits per heavy atom. The first kappa shape index (κ1) is 36.9.